The maximum absolute atomic E-state index is 12.4. The predicted molar refractivity (Wildman–Crippen MR) is 82.7 cm³/mol. The molecule has 2 fully saturated rings. The first kappa shape index (κ1) is 15.8. The standard InChI is InChI=1S/C16H31N3O/c1-4-5-13-6-8-14(9-7-13)19-11-10-17-12-15(19)16(20)18(2)3/h13-15,17H,4-12H2,1-3H3. The molecule has 2 rings (SSSR count). The number of amides is 1. The number of piperazine rings is 1. The number of nitrogens with one attached hydrogen (secondary N) is 1. The predicted octanol–water partition coefficient (Wildman–Crippen LogP) is 1.71. The maximum Gasteiger partial charge on any atom is 0.240 e. The molecule has 1 unspecified atom stereocenters. The van der Waals surface area contributed by atoms with E-state index in [4.69, 9.17) is 0 Å². The highest BCUT2D eigenvalue weighted by atomic mass is 16.2. The van der Waals surface area contributed by atoms with Gasteiger partial charge in [0, 0.05) is 39.8 Å². The highest BCUT2D eigenvalue weighted by molar-refractivity contribution is 5.81. The van der Waals surface area contributed by atoms with Crippen molar-refractivity contribution in [2.24, 2.45) is 5.92 Å². The Hall–Kier alpha value is -0.610. The van der Waals surface area contributed by atoms with Gasteiger partial charge in [-0.25, -0.2) is 0 Å². The fourth-order valence-corrected chi connectivity index (χ4v) is 3.86. The maximum atomic E-state index is 12.4. The quantitative estimate of drug-likeness (QED) is 0.852. The van der Waals surface area contributed by atoms with E-state index in [1.807, 2.05) is 14.1 Å². The van der Waals surface area contributed by atoms with Crippen LogP contribution >= 0.6 is 0 Å². The second kappa shape index (κ2) is 7.41. The molecule has 0 spiro atoms. The van der Waals surface area contributed by atoms with Crippen LogP contribution in [0.1, 0.15) is 45.4 Å². The van der Waals surface area contributed by atoms with Crippen molar-refractivity contribution >= 4 is 5.91 Å². The van der Waals surface area contributed by atoms with E-state index in [0.717, 1.165) is 25.6 Å². The van der Waals surface area contributed by atoms with Crippen LogP contribution < -0.4 is 5.32 Å². The second-order valence-corrected chi connectivity index (χ2v) is 6.65. The van der Waals surface area contributed by atoms with Gasteiger partial charge >= 0.3 is 0 Å². The monoisotopic (exact) mass is 281 g/mol. The van der Waals surface area contributed by atoms with Crippen LogP contribution in [0, 0.1) is 5.92 Å². The fraction of sp³-hybridized carbons (Fsp3) is 0.938. The summed E-state index contributed by atoms with van der Waals surface area (Å²) in [4.78, 5) is 16.6. The van der Waals surface area contributed by atoms with Crippen molar-refractivity contribution < 1.29 is 4.79 Å². The molecule has 1 aliphatic heterocycles. The van der Waals surface area contributed by atoms with Crippen molar-refractivity contribution in [2.45, 2.75) is 57.5 Å². The molecule has 1 saturated heterocycles. The molecule has 1 saturated carbocycles. The van der Waals surface area contributed by atoms with Crippen molar-refractivity contribution in [1.82, 2.24) is 15.1 Å². The minimum Gasteiger partial charge on any atom is -0.347 e. The van der Waals surface area contributed by atoms with Gasteiger partial charge in [0.1, 0.15) is 6.04 Å². The van der Waals surface area contributed by atoms with Crippen molar-refractivity contribution in [1.29, 1.82) is 0 Å². The first-order chi connectivity index (χ1) is 9.63. The van der Waals surface area contributed by atoms with E-state index in [9.17, 15) is 4.79 Å². The highest BCUT2D eigenvalue weighted by Crippen LogP contribution is 2.31. The van der Waals surface area contributed by atoms with Crippen LogP contribution in [0.3, 0.4) is 0 Å². The van der Waals surface area contributed by atoms with Gasteiger partial charge in [0.05, 0.1) is 0 Å². The summed E-state index contributed by atoms with van der Waals surface area (Å²) in [5, 5.41) is 3.38. The first-order valence-electron chi connectivity index (χ1n) is 8.31. The Morgan fingerprint density at radius 2 is 1.95 bits per heavy atom. The van der Waals surface area contributed by atoms with Crippen molar-refractivity contribution in [2.75, 3.05) is 33.7 Å². The molecule has 4 heteroatoms. The van der Waals surface area contributed by atoms with Crippen LogP contribution in [-0.2, 0) is 4.79 Å². The summed E-state index contributed by atoms with van der Waals surface area (Å²) >= 11 is 0. The van der Waals surface area contributed by atoms with Gasteiger partial charge in [-0.2, -0.15) is 0 Å². The summed E-state index contributed by atoms with van der Waals surface area (Å²) in [7, 11) is 3.74. The zero-order chi connectivity index (χ0) is 14.5. The summed E-state index contributed by atoms with van der Waals surface area (Å²) in [6.45, 7) is 5.14. The van der Waals surface area contributed by atoms with E-state index in [0.29, 0.717) is 6.04 Å². The third kappa shape index (κ3) is 3.73. The summed E-state index contributed by atoms with van der Waals surface area (Å²) in [5.74, 6) is 1.19. The molecule has 1 amide bonds. The van der Waals surface area contributed by atoms with Crippen LogP contribution in [0.5, 0.6) is 0 Å². The Labute approximate surface area is 123 Å². The normalized spacial score (nSPS) is 32.0. The summed E-state index contributed by atoms with van der Waals surface area (Å²) < 4.78 is 0. The van der Waals surface area contributed by atoms with Gasteiger partial charge < -0.3 is 10.2 Å². The molecule has 4 nitrogen and oxygen atoms in total. The van der Waals surface area contributed by atoms with E-state index in [2.05, 4.69) is 17.1 Å². The van der Waals surface area contributed by atoms with Gasteiger partial charge in [0.25, 0.3) is 0 Å². The van der Waals surface area contributed by atoms with Crippen molar-refractivity contribution in [3.8, 4) is 0 Å². The fourth-order valence-electron chi connectivity index (χ4n) is 3.86. The molecule has 0 bridgehead atoms. The smallest absolute Gasteiger partial charge is 0.240 e. The molecule has 0 radical (unpaired) electrons. The first-order valence-corrected chi connectivity index (χ1v) is 8.31. The topological polar surface area (TPSA) is 35.6 Å². The molecular weight excluding hydrogens is 250 g/mol. The van der Waals surface area contributed by atoms with Gasteiger partial charge in [0.2, 0.25) is 5.91 Å². The van der Waals surface area contributed by atoms with Crippen molar-refractivity contribution in [3.05, 3.63) is 0 Å². The molecule has 1 heterocycles. The average molecular weight is 281 g/mol. The molecule has 0 aromatic rings. The van der Waals surface area contributed by atoms with Crippen LogP contribution in [-0.4, -0.2) is 61.5 Å². The number of hydrogen-bond acceptors (Lipinski definition) is 3. The lowest BCUT2D eigenvalue weighted by Crippen LogP contribution is -2.60. The Morgan fingerprint density at radius 3 is 2.55 bits per heavy atom. The third-order valence-corrected chi connectivity index (χ3v) is 4.99. The zero-order valence-electron chi connectivity index (χ0n) is 13.4. The summed E-state index contributed by atoms with van der Waals surface area (Å²) in [6.07, 6.45) is 7.96. The average Bonchev–Trinajstić information content (AvgIpc) is 2.47. The molecule has 2 aliphatic rings. The highest BCUT2D eigenvalue weighted by Gasteiger charge is 2.35. The van der Waals surface area contributed by atoms with Gasteiger partial charge in [0.15, 0.2) is 0 Å². The lowest BCUT2D eigenvalue weighted by atomic mass is 9.82. The van der Waals surface area contributed by atoms with E-state index in [1.165, 1.54) is 38.5 Å². The second-order valence-electron chi connectivity index (χ2n) is 6.65. The Bertz CT molecular complexity index is 311. The minimum atomic E-state index is 0.0477. The van der Waals surface area contributed by atoms with Crippen LogP contribution in [0.25, 0.3) is 0 Å². The molecular formula is C16H31N3O. The van der Waals surface area contributed by atoms with Crippen LogP contribution in [0.15, 0.2) is 0 Å². The molecule has 0 aromatic carbocycles. The number of hydrogen-bond donors (Lipinski definition) is 1. The Morgan fingerprint density at radius 1 is 1.25 bits per heavy atom. The zero-order valence-corrected chi connectivity index (χ0v) is 13.4. The largest absolute Gasteiger partial charge is 0.347 e. The number of rotatable bonds is 4. The summed E-state index contributed by atoms with van der Waals surface area (Å²) in [5.41, 5.74) is 0. The van der Waals surface area contributed by atoms with Crippen LogP contribution in [0.2, 0.25) is 0 Å². The van der Waals surface area contributed by atoms with Gasteiger partial charge in [-0.15, -0.1) is 0 Å². The Balaban J connectivity index is 1.93. The molecule has 116 valence electrons. The van der Waals surface area contributed by atoms with Gasteiger partial charge in [-0.05, 0) is 31.6 Å². The van der Waals surface area contributed by atoms with E-state index in [-0.39, 0.29) is 11.9 Å². The molecule has 20 heavy (non-hydrogen) atoms. The number of carbonyl (C=O) groups is 1. The number of likely N-dealkylation sites (N-methyl/N-ethyl adjacent to an activating group) is 1. The minimum absolute atomic E-state index is 0.0477. The molecule has 1 aliphatic carbocycles. The molecule has 0 aromatic heterocycles. The number of nitrogens with zero attached hydrogens (tertiary/aromatic N) is 2. The van der Waals surface area contributed by atoms with E-state index >= 15 is 0 Å². The van der Waals surface area contributed by atoms with Gasteiger partial charge in [-0.3, -0.25) is 9.69 Å². The molecule has 1 N–H and O–H groups in total. The van der Waals surface area contributed by atoms with Crippen LogP contribution in [0.4, 0.5) is 0 Å². The third-order valence-electron chi connectivity index (χ3n) is 4.99. The lowest BCUT2D eigenvalue weighted by molar-refractivity contribution is -0.136. The molecule has 1 atom stereocenters. The van der Waals surface area contributed by atoms with Crippen molar-refractivity contribution in [3.63, 3.8) is 0 Å². The lowest BCUT2D eigenvalue weighted by Gasteiger charge is -2.44. The van der Waals surface area contributed by atoms with Gasteiger partial charge in [-0.1, -0.05) is 19.8 Å². The SMILES string of the molecule is CCCC1CCC(N2CCNCC2C(=O)N(C)C)CC1. The summed E-state index contributed by atoms with van der Waals surface area (Å²) in [6, 6.07) is 0.672. The number of carbonyl (C=O) groups excluding carboxylic acids is 1. The van der Waals surface area contributed by atoms with E-state index in [1.54, 1.807) is 4.90 Å². The Kier molecular flexibility index (Phi) is 5.85. The van der Waals surface area contributed by atoms with E-state index < -0.39 is 0 Å².